The molecule has 6 heteroatoms. The number of nitrogens with two attached hydrogens (primary N) is 1. The molecule has 72 valence electrons. The zero-order chi connectivity index (χ0) is 9.30. The Balaban J connectivity index is 2.63. The number of ether oxygens (including phenoxy) is 1. The zero-order valence-electron chi connectivity index (χ0n) is 6.30. The number of alkyl halides is 1. The standard InChI is InChI=1S/C6H12FNO4/c7-3-4(8)6(11)12-2(1-9)5(3)10/h2-6,9-11H,1,8H2/t2-,3-,4-,5-,6+/m1/s1. The predicted molar refractivity (Wildman–Crippen MR) is 36.8 cm³/mol. The number of aliphatic hydroxyl groups excluding tert-OH is 3. The molecule has 1 aliphatic rings. The molecule has 0 aromatic rings. The molecule has 5 N–H and O–H groups in total. The van der Waals surface area contributed by atoms with Gasteiger partial charge in [0.1, 0.15) is 18.4 Å². The van der Waals surface area contributed by atoms with Crippen LogP contribution in [0.2, 0.25) is 0 Å². The Kier molecular flexibility index (Phi) is 2.97. The van der Waals surface area contributed by atoms with Crippen LogP contribution in [0.5, 0.6) is 0 Å². The minimum atomic E-state index is -1.77. The monoisotopic (exact) mass is 181 g/mol. The highest BCUT2D eigenvalue weighted by Gasteiger charge is 2.42. The molecule has 5 nitrogen and oxygen atoms in total. The number of hydrogen-bond donors (Lipinski definition) is 4. The number of aliphatic hydroxyl groups is 3. The van der Waals surface area contributed by atoms with Gasteiger partial charge in [0, 0.05) is 0 Å². The third-order valence-corrected chi connectivity index (χ3v) is 1.90. The maximum absolute atomic E-state index is 12.9. The Morgan fingerprint density at radius 2 is 2.00 bits per heavy atom. The van der Waals surface area contributed by atoms with Gasteiger partial charge in [0.15, 0.2) is 6.29 Å². The van der Waals surface area contributed by atoms with Crippen LogP contribution in [0.3, 0.4) is 0 Å². The van der Waals surface area contributed by atoms with Crippen molar-refractivity contribution in [3.8, 4) is 0 Å². The minimum Gasteiger partial charge on any atom is -0.394 e. The van der Waals surface area contributed by atoms with Crippen molar-refractivity contribution in [1.29, 1.82) is 0 Å². The lowest BCUT2D eigenvalue weighted by Gasteiger charge is -2.36. The van der Waals surface area contributed by atoms with E-state index in [-0.39, 0.29) is 0 Å². The van der Waals surface area contributed by atoms with Crippen LogP contribution in [0.25, 0.3) is 0 Å². The Morgan fingerprint density at radius 1 is 1.42 bits per heavy atom. The first-order chi connectivity index (χ1) is 5.57. The lowest BCUT2D eigenvalue weighted by molar-refractivity contribution is -0.237. The van der Waals surface area contributed by atoms with Crippen LogP contribution in [0.1, 0.15) is 0 Å². The van der Waals surface area contributed by atoms with Gasteiger partial charge in [-0.05, 0) is 0 Å². The highest BCUT2D eigenvalue weighted by molar-refractivity contribution is 4.90. The smallest absolute Gasteiger partial charge is 0.173 e. The van der Waals surface area contributed by atoms with E-state index in [1.165, 1.54) is 0 Å². The molecule has 1 aliphatic heterocycles. The van der Waals surface area contributed by atoms with Gasteiger partial charge in [0.05, 0.1) is 12.6 Å². The maximum atomic E-state index is 12.9. The van der Waals surface area contributed by atoms with Gasteiger partial charge in [-0.1, -0.05) is 0 Å². The molecule has 0 aromatic carbocycles. The molecule has 0 amide bonds. The molecule has 0 bridgehead atoms. The topological polar surface area (TPSA) is 95.9 Å². The van der Waals surface area contributed by atoms with Gasteiger partial charge in [-0.15, -0.1) is 0 Å². The van der Waals surface area contributed by atoms with E-state index in [0.29, 0.717) is 0 Å². The van der Waals surface area contributed by atoms with Crippen LogP contribution >= 0.6 is 0 Å². The van der Waals surface area contributed by atoms with E-state index in [2.05, 4.69) is 4.74 Å². The molecule has 0 aliphatic carbocycles. The Morgan fingerprint density at radius 3 is 2.50 bits per heavy atom. The highest BCUT2D eigenvalue weighted by atomic mass is 19.1. The first kappa shape index (κ1) is 9.82. The summed E-state index contributed by atoms with van der Waals surface area (Å²) < 4.78 is 17.6. The van der Waals surface area contributed by atoms with Gasteiger partial charge < -0.3 is 25.8 Å². The van der Waals surface area contributed by atoms with Crippen molar-refractivity contribution < 1.29 is 24.4 Å². The molecular formula is C6H12FNO4. The zero-order valence-corrected chi connectivity index (χ0v) is 6.30. The fraction of sp³-hybridized carbons (Fsp3) is 1.00. The Bertz CT molecular complexity index is 154. The average molecular weight is 181 g/mol. The summed E-state index contributed by atoms with van der Waals surface area (Å²) in [4.78, 5) is 0. The molecule has 0 radical (unpaired) electrons. The number of halogens is 1. The van der Waals surface area contributed by atoms with Crippen molar-refractivity contribution in [3.05, 3.63) is 0 Å². The summed E-state index contributed by atoms with van der Waals surface area (Å²) in [5, 5.41) is 26.6. The quantitative estimate of drug-likeness (QED) is 0.365. The number of rotatable bonds is 1. The fourth-order valence-corrected chi connectivity index (χ4v) is 1.09. The predicted octanol–water partition coefficient (Wildman–Crippen LogP) is -2.28. The van der Waals surface area contributed by atoms with Crippen LogP contribution < -0.4 is 5.73 Å². The largest absolute Gasteiger partial charge is 0.394 e. The molecule has 1 rings (SSSR count). The van der Waals surface area contributed by atoms with Crippen molar-refractivity contribution in [2.75, 3.05) is 6.61 Å². The second-order valence-electron chi connectivity index (χ2n) is 2.76. The summed E-state index contributed by atoms with van der Waals surface area (Å²) in [5.41, 5.74) is 5.14. The Hall–Kier alpha value is -0.270. The van der Waals surface area contributed by atoms with E-state index in [1.54, 1.807) is 0 Å². The van der Waals surface area contributed by atoms with E-state index >= 15 is 0 Å². The molecule has 1 fully saturated rings. The van der Waals surface area contributed by atoms with Crippen LogP contribution in [-0.2, 0) is 4.74 Å². The Labute approximate surface area is 68.6 Å². The minimum absolute atomic E-state index is 0.550. The first-order valence-corrected chi connectivity index (χ1v) is 3.60. The van der Waals surface area contributed by atoms with Crippen LogP contribution in [-0.4, -0.2) is 52.6 Å². The van der Waals surface area contributed by atoms with Crippen molar-refractivity contribution >= 4 is 0 Å². The van der Waals surface area contributed by atoms with Crippen molar-refractivity contribution in [2.24, 2.45) is 5.73 Å². The normalized spacial score (nSPS) is 49.2. The van der Waals surface area contributed by atoms with E-state index in [4.69, 9.17) is 21.1 Å². The molecule has 0 spiro atoms. The second kappa shape index (κ2) is 3.63. The van der Waals surface area contributed by atoms with Crippen molar-refractivity contribution in [3.63, 3.8) is 0 Å². The van der Waals surface area contributed by atoms with Gasteiger partial charge in [-0.2, -0.15) is 0 Å². The molecule has 0 unspecified atom stereocenters. The van der Waals surface area contributed by atoms with E-state index in [0.717, 1.165) is 0 Å². The molecule has 0 aromatic heterocycles. The second-order valence-corrected chi connectivity index (χ2v) is 2.76. The van der Waals surface area contributed by atoms with Gasteiger partial charge in [-0.25, -0.2) is 4.39 Å². The van der Waals surface area contributed by atoms with Crippen LogP contribution in [0, 0.1) is 0 Å². The van der Waals surface area contributed by atoms with E-state index in [9.17, 15) is 4.39 Å². The molecule has 1 heterocycles. The maximum Gasteiger partial charge on any atom is 0.173 e. The van der Waals surface area contributed by atoms with Gasteiger partial charge in [0.2, 0.25) is 0 Å². The fourth-order valence-electron chi connectivity index (χ4n) is 1.09. The van der Waals surface area contributed by atoms with E-state index < -0.39 is 37.3 Å². The summed E-state index contributed by atoms with van der Waals surface area (Å²) in [7, 11) is 0. The molecular weight excluding hydrogens is 169 g/mol. The SMILES string of the molecule is N[C@@H]1[C@@H](F)[C@H](O)[C@@H](CO)O[C@@H]1O. The van der Waals surface area contributed by atoms with Gasteiger partial charge in [0.25, 0.3) is 0 Å². The first-order valence-electron chi connectivity index (χ1n) is 3.60. The summed E-state index contributed by atoms with van der Waals surface area (Å²) in [6.45, 7) is -0.550. The van der Waals surface area contributed by atoms with Gasteiger partial charge >= 0.3 is 0 Å². The van der Waals surface area contributed by atoms with Crippen LogP contribution in [0.4, 0.5) is 4.39 Å². The lowest BCUT2D eigenvalue weighted by atomic mass is 9.99. The molecule has 0 saturated carbocycles. The molecule has 5 atom stereocenters. The molecule has 1 saturated heterocycles. The third kappa shape index (κ3) is 1.57. The average Bonchev–Trinajstić information content (AvgIpc) is 2.08. The number of hydrogen-bond acceptors (Lipinski definition) is 5. The van der Waals surface area contributed by atoms with Gasteiger partial charge in [-0.3, -0.25) is 0 Å². The van der Waals surface area contributed by atoms with E-state index in [1.807, 2.05) is 0 Å². The highest BCUT2D eigenvalue weighted by Crippen LogP contribution is 2.20. The summed E-state index contributed by atoms with van der Waals surface area (Å²) in [5.74, 6) is 0. The summed E-state index contributed by atoms with van der Waals surface area (Å²) in [6, 6.07) is -1.26. The summed E-state index contributed by atoms with van der Waals surface area (Å²) >= 11 is 0. The lowest BCUT2D eigenvalue weighted by Crippen LogP contribution is -2.60. The van der Waals surface area contributed by atoms with Crippen molar-refractivity contribution in [2.45, 2.75) is 30.7 Å². The van der Waals surface area contributed by atoms with Crippen LogP contribution in [0.15, 0.2) is 0 Å². The summed E-state index contributed by atoms with van der Waals surface area (Å²) in [6.07, 6.45) is -5.82. The molecule has 12 heavy (non-hydrogen) atoms. The third-order valence-electron chi connectivity index (χ3n) is 1.90. The van der Waals surface area contributed by atoms with Crippen molar-refractivity contribution in [1.82, 2.24) is 0 Å².